The number of benzene rings is 1. The van der Waals surface area contributed by atoms with Crippen LogP contribution in [0.3, 0.4) is 0 Å². The van der Waals surface area contributed by atoms with Gasteiger partial charge in [0.2, 0.25) is 0 Å². The summed E-state index contributed by atoms with van der Waals surface area (Å²) >= 11 is 1.86. The van der Waals surface area contributed by atoms with Crippen LogP contribution < -0.4 is 10.5 Å². The van der Waals surface area contributed by atoms with E-state index >= 15 is 0 Å². The van der Waals surface area contributed by atoms with Crippen molar-refractivity contribution in [2.24, 2.45) is 17.6 Å². The third kappa shape index (κ3) is 9.35. The van der Waals surface area contributed by atoms with Crippen molar-refractivity contribution < 1.29 is 14.3 Å². The number of rotatable bonds is 13. The van der Waals surface area contributed by atoms with Gasteiger partial charge in [-0.2, -0.15) is 11.8 Å². The van der Waals surface area contributed by atoms with Gasteiger partial charge in [0.15, 0.2) is 0 Å². The third-order valence-corrected chi connectivity index (χ3v) is 7.08. The molecule has 0 aliphatic carbocycles. The molecule has 0 bridgehead atoms. The Morgan fingerprint density at radius 3 is 2.53 bits per heavy atom. The Hall–Kier alpha value is -1.20. The highest BCUT2D eigenvalue weighted by Gasteiger charge is 2.31. The largest absolute Gasteiger partial charge is 0.493 e. The van der Waals surface area contributed by atoms with Crippen molar-refractivity contribution in [2.75, 3.05) is 18.6 Å². The zero-order valence-corrected chi connectivity index (χ0v) is 22.3. The van der Waals surface area contributed by atoms with Crippen molar-refractivity contribution in [2.45, 2.75) is 98.1 Å². The first-order chi connectivity index (χ1) is 15.3. The number of cyclic esters (lactones) is 1. The van der Waals surface area contributed by atoms with E-state index in [1.807, 2.05) is 25.6 Å². The lowest BCUT2D eigenvalue weighted by Crippen LogP contribution is -2.37. The fourth-order valence-electron chi connectivity index (χ4n) is 4.09. The molecule has 184 valence electrons. The molecule has 5 heteroatoms. The van der Waals surface area contributed by atoms with Crippen LogP contribution in [0.25, 0.3) is 0 Å². The molecule has 1 aromatic rings. The molecule has 1 aliphatic rings. The maximum atomic E-state index is 11.5. The van der Waals surface area contributed by atoms with Gasteiger partial charge in [0.1, 0.15) is 11.9 Å². The van der Waals surface area contributed by atoms with E-state index in [4.69, 9.17) is 15.2 Å². The summed E-state index contributed by atoms with van der Waals surface area (Å²) in [5.41, 5.74) is 9.04. The van der Waals surface area contributed by atoms with Crippen LogP contribution in [0.1, 0.15) is 90.7 Å². The molecule has 0 radical (unpaired) electrons. The highest BCUT2D eigenvalue weighted by molar-refractivity contribution is 7.98. The molecule has 1 saturated heterocycles. The molecule has 0 spiro atoms. The van der Waals surface area contributed by atoms with E-state index in [0.717, 1.165) is 50.2 Å². The van der Waals surface area contributed by atoms with Crippen LogP contribution in [0.15, 0.2) is 18.2 Å². The van der Waals surface area contributed by atoms with E-state index in [-0.39, 0.29) is 18.1 Å². The summed E-state index contributed by atoms with van der Waals surface area (Å²) in [6.07, 6.45) is 7.26. The van der Waals surface area contributed by atoms with E-state index in [0.29, 0.717) is 24.2 Å². The summed E-state index contributed by atoms with van der Waals surface area (Å²) < 4.78 is 11.6. The second-order valence-corrected chi connectivity index (χ2v) is 10.0. The number of nitrogens with two attached hydrogens (primary N) is 1. The molecule has 1 aromatic carbocycles. The lowest BCUT2D eigenvalue weighted by atomic mass is 9.82. The van der Waals surface area contributed by atoms with Crippen molar-refractivity contribution >= 4 is 17.7 Å². The Bertz CT molecular complexity index is 664. The average molecular weight is 466 g/mol. The predicted molar refractivity (Wildman–Crippen MR) is 139 cm³/mol. The summed E-state index contributed by atoms with van der Waals surface area (Å²) in [7, 11) is 0. The maximum absolute atomic E-state index is 11.5. The fourth-order valence-corrected chi connectivity index (χ4v) is 4.49. The molecule has 1 fully saturated rings. The number of esters is 1. The molecule has 0 amide bonds. The minimum absolute atomic E-state index is 0.0921. The van der Waals surface area contributed by atoms with Crippen LogP contribution in [0.5, 0.6) is 5.75 Å². The first-order valence-corrected chi connectivity index (χ1v) is 13.9. The quantitative estimate of drug-likeness (QED) is 0.263. The zero-order valence-electron chi connectivity index (χ0n) is 21.5. The van der Waals surface area contributed by atoms with Gasteiger partial charge in [-0.3, -0.25) is 4.79 Å². The molecular formula is C27H47NO3S. The van der Waals surface area contributed by atoms with Crippen molar-refractivity contribution in [1.29, 1.82) is 0 Å². The molecule has 32 heavy (non-hydrogen) atoms. The number of hydrogen-bond acceptors (Lipinski definition) is 5. The second-order valence-electron chi connectivity index (χ2n) is 9.05. The molecule has 2 N–H and O–H groups in total. The molecule has 4 atom stereocenters. The minimum atomic E-state index is -0.123. The predicted octanol–water partition coefficient (Wildman–Crippen LogP) is 6.60. The first kappa shape index (κ1) is 28.8. The van der Waals surface area contributed by atoms with Gasteiger partial charge in [0, 0.05) is 12.5 Å². The van der Waals surface area contributed by atoms with Gasteiger partial charge >= 0.3 is 5.97 Å². The summed E-state index contributed by atoms with van der Waals surface area (Å²) in [6, 6.07) is 6.67. The lowest BCUT2D eigenvalue weighted by molar-refractivity contribution is -0.142. The molecular weight excluding hydrogens is 418 g/mol. The van der Waals surface area contributed by atoms with Crippen LogP contribution >= 0.6 is 11.8 Å². The van der Waals surface area contributed by atoms with E-state index in [1.165, 1.54) is 11.1 Å². The number of carbonyl (C=O) groups is 1. The Balaban J connectivity index is 0.00000249. The SMILES string of the molecule is CC.CCC(C)c1ccc(CC(CC(N)C2CCC(=O)O2)C(C)C)cc1OCCCSC. The van der Waals surface area contributed by atoms with Crippen molar-refractivity contribution in [3.63, 3.8) is 0 Å². The van der Waals surface area contributed by atoms with E-state index in [9.17, 15) is 4.79 Å². The van der Waals surface area contributed by atoms with Gasteiger partial charge in [-0.1, -0.05) is 53.7 Å². The van der Waals surface area contributed by atoms with Crippen LogP contribution in [0.4, 0.5) is 0 Å². The van der Waals surface area contributed by atoms with Crippen molar-refractivity contribution in [3.8, 4) is 5.75 Å². The summed E-state index contributed by atoms with van der Waals surface area (Å²) in [6.45, 7) is 13.8. The molecule has 4 unspecified atom stereocenters. The van der Waals surface area contributed by atoms with E-state index in [2.05, 4.69) is 52.1 Å². The smallest absolute Gasteiger partial charge is 0.306 e. The van der Waals surface area contributed by atoms with Crippen LogP contribution in [-0.2, 0) is 16.0 Å². The monoisotopic (exact) mass is 465 g/mol. The van der Waals surface area contributed by atoms with Gasteiger partial charge < -0.3 is 15.2 Å². The fraction of sp³-hybridized carbons (Fsp3) is 0.741. The topological polar surface area (TPSA) is 61.6 Å². The van der Waals surface area contributed by atoms with Crippen LogP contribution in [0, 0.1) is 11.8 Å². The van der Waals surface area contributed by atoms with Crippen molar-refractivity contribution in [3.05, 3.63) is 29.3 Å². The lowest BCUT2D eigenvalue weighted by Gasteiger charge is -2.27. The summed E-state index contributed by atoms with van der Waals surface area (Å²) in [4.78, 5) is 11.5. The maximum Gasteiger partial charge on any atom is 0.306 e. The Kier molecular flexibility index (Phi) is 14.1. The molecule has 2 rings (SSSR count). The van der Waals surface area contributed by atoms with Crippen LogP contribution in [-0.4, -0.2) is 36.7 Å². The first-order valence-electron chi connectivity index (χ1n) is 12.5. The van der Waals surface area contributed by atoms with Gasteiger partial charge in [0.05, 0.1) is 6.61 Å². The number of thioether (sulfide) groups is 1. The van der Waals surface area contributed by atoms with Gasteiger partial charge in [0.25, 0.3) is 0 Å². The highest BCUT2D eigenvalue weighted by Crippen LogP contribution is 2.32. The zero-order chi connectivity index (χ0) is 24.1. The number of carbonyl (C=O) groups excluding carboxylic acids is 1. The Morgan fingerprint density at radius 2 is 1.97 bits per heavy atom. The van der Waals surface area contributed by atoms with Gasteiger partial charge in [-0.15, -0.1) is 0 Å². The molecule has 1 aliphatic heterocycles. The Labute approximate surface area is 201 Å². The molecule has 1 heterocycles. The highest BCUT2D eigenvalue weighted by atomic mass is 32.2. The van der Waals surface area contributed by atoms with Gasteiger partial charge in [-0.05, 0) is 79.1 Å². The third-order valence-electron chi connectivity index (χ3n) is 6.38. The Morgan fingerprint density at radius 1 is 1.25 bits per heavy atom. The van der Waals surface area contributed by atoms with E-state index in [1.54, 1.807) is 0 Å². The molecule has 4 nitrogen and oxygen atoms in total. The normalized spacial score (nSPS) is 18.5. The van der Waals surface area contributed by atoms with Crippen molar-refractivity contribution in [1.82, 2.24) is 0 Å². The number of hydrogen-bond donors (Lipinski definition) is 1. The van der Waals surface area contributed by atoms with E-state index < -0.39 is 0 Å². The average Bonchev–Trinajstić information content (AvgIpc) is 3.23. The summed E-state index contributed by atoms with van der Waals surface area (Å²) in [5.74, 6) is 3.49. The second kappa shape index (κ2) is 15.6. The number of ether oxygens (including phenoxy) is 2. The van der Waals surface area contributed by atoms with Gasteiger partial charge in [-0.25, -0.2) is 0 Å². The van der Waals surface area contributed by atoms with Crippen LogP contribution in [0.2, 0.25) is 0 Å². The standard InChI is InChI=1S/C25H41NO3S.C2H6/c1-6-18(4)21-9-8-19(15-24(21)28-12-7-13-30-5)14-20(17(2)3)16-22(26)23-10-11-25(27)29-23;1-2/h8-9,15,17-18,20,22-23H,6-7,10-14,16,26H2,1-5H3;1-2H3. The summed E-state index contributed by atoms with van der Waals surface area (Å²) in [5, 5.41) is 0. The molecule has 0 aromatic heterocycles. The molecule has 0 saturated carbocycles. The minimum Gasteiger partial charge on any atom is -0.493 e.